The number of nitriles is 1. The molecule has 2 aliphatic rings. The van der Waals surface area contributed by atoms with E-state index in [-0.39, 0.29) is 18.6 Å². The lowest BCUT2D eigenvalue weighted by Gasteiger charge is -2.31. The summed E-state index contributed by atoms with van der Waals surface area (Å²) < 4.78 is 15.8. The molecule has 0 aromatic carbocycles. The third kappa shape index (κ3) is 9.37. The third-order valence-corrected chi connectivity index (χ3v) is 8.29. The maximum absolute atomic E-state index is 11.4. The number of carbonyl (C=O) groups is 1. The Morgan fingerprint density at radius 3 is 2.78 bits per heavy atom. The van der Waals surface area contributed by atoms with Crippen LogP contribution in [-0.4, -0.2) is 67.6 Å². The molecule has 0 unspecified atom stereocenters. The van der Waals surface area contributed by atoms with Crippen LogP contribution in [0.15, 0.2) is 30.5 Å². The summed E-state index contributed by atoms with van der Waals surface area (Å²) in [6.45, 7) is 6.49. The van der Waals surface area contributed by atoms with Crippen LogP contribution >= 0.6 is 11.6 Å². The van der Waals surface area contributed by atoms with Crippen LogP contribution in [-0.2, 0) is 25.4 Å². The SMILES string of the molecule is CCOC(=O)COC[C@@H](C)NC1CCC(Cc2cc(-c3cccc(NCC4(C#N)CCOCC4)n3)c(Cl)cn2)CC1. The van der Waals surface area contributed by atoms with E-state index in [0.29, 0.717) is 50.0 Å². The van der Waals surface area contributed by atoms with Crippen molar-refractivity contribution in [3.8, 4) is 17.3 Å². The number of pyridine rings is 2. The number of ether oxygens (including phenoxy) is 3. The fourth-order valence-electron chi connectivity index (χ4n) is 5.62. The zero-order valence-corrected chi connectivity index (χ0v) is 24.9. The van der Waals surface area contributed by atoms with Crippen molar-refractivity contribution < 1.29 is 19.0 Å². The average molecular weight is 584 g/mol. The molecule has 4 rings (SSSR count). The number of nitrogens with one attached hydrogen (secondary N) is 2. The predicted octanol–water partition coefficient (Wildman–Crippen LogP) is 5.19. The van der Waals surface area contributed by atoms with E-state index in [2.05, 4.69) is 34.7 Å². The van der Waals surface area contributed by atoms with E-state index >= 15 is 0 Å². The highest BCUT2D eigenvalue weighted by atomic mass is 35.5. The quantitative estimate of drug-likeness (QED) is 0.307. The Bertz CT molecular complexity index is 1180. The fourth-order valence-corrected chi connectivity index (χ4v) is 5.82. The topological polar surface area (TPSA) is 118 Å². The van der Waals surface area contributed by atoms with Crippen molar-refractivity contribution in [1.29, 1.82) is 5.26 Å². The molecule has 1 atom stereocenters. The zero-order chi connectivity index (χ0) is 29.1. The Morgan fingerprint density at radius 1 is 1.27 bits per heavy atom. The first-order valence-electron chi connectivity index (χ1n) is 14.7. The van der Waals surface area contributed by atoms with Gasteiger partial charge in [-0.05, 0) is 82.9 Å². The van der Waals surface area contributed by atoms with Gasteiger partial charge >= 0.3 is 5.97 Å². The van der Waals surface area contributed by atoms with E-state index in [4.69, 9.17) is 30.8 Å². The number of anilines is 1. The molecular weight excluding hydrogens is 542 g/mol. The van der Waals surface area contributed by atoms with Gasteiger partial charge in [0.15, 0.2) is 0 Å². The maximum Gasteiger partial charge on any atom is 0.332 e. The van der Waals surface area contributed by atoms with Crippen LogP contribution in [0.1, 0.15) is 58.1 Å². The van der Waals surface area contributed by atoms with Gasteiger partial charge in [-0.15, -0.1) is 0 Å². The minimum atomic E-state index is -0.429. The van der Waals surface area contributed by atoms with E-state index in [1.165, 1.54) is 0 Å². The molecule has 0 bridgehead atoms. The molecule has 1 aliphatic carbocycles. The number of nitrogens with zero attached hydrogens (tertiary/aromatic N) is 3. The van der Waals surface area contributed by atoms with Crippen LogP contribution in [0, 0.1) is 22.7 Å². The molecule has 3 heterocycles. The van der Waals surface area contributed by atoms with Gasteiger partial charge in [0.25, 0.3) is 0 Å². The first kappa shape index (κ1) is 31.2. The van der Waals surface area contributed by atoms with Crippen molar-refractivity contribution in [1.82, 2.24) is 15.3 Å². The molecule has 9 nitrogen and oxygen atoms in total. The summed E-state index contributed by atoms with van der Waals surface area (Å²) in [5, 5.41) is 17.3. The highest BCUT2D eigenvalue weighted by molar-refractivity contribution is 6.33. The lowest BCUT2D eigenvalue weighted by Crippen LogP contribution is -2.41. The minimum absolute atomic E-state index is 0.00324. The van der Waals surface area contributed by atoms with Gasteiger partial charge in [0, 0.05) is 49.3 Å². The average Bonchev–Trinajstić information content (AvgIpc) is 2.99. The van der Waals surface area contributed by atoms with Crippen molar-refractivity contribution in [3.63, 3.8) is 0 Å². The van der Waals surface area contributed by atoms with Gasteiger partial charge < -0.3 is 24.8 Å². The smallest absolute Gasteiger partial charge is 0.332 e. The number of carbonyl (C=O) groups excluding carboxylic acids is 1. The molecule has 0 spiro atoms. The number of halogens is 1. The number of hydrogen-bond acceptors (Lipinski definition) is 9. The third-order valence-electron chi connectivity index (χ3n) is 7.99. The van der Waals surface area contributed by atoms with E-state index < -0.39 is 5.41 Å². The molecule has 1 aliphatic heterocycles. The van der Waals surface area contributed by atoms with Crippen molar-refractivity contribution in [3.05, 3.63) is 41.2 Å². The highest BCUT2D eigenvalue weighted by Crippen LogP contribution is 2.32. The Morgan fingerprint density at radius 2 is 2.05 bits per heavy atom. The van der Waals surface area contributed by atoms with Gasteiger partial charge in [0.2, 0.25) is 0 Å². The van der Waals surface area contributed by atoms with Crippen molar-refractivity contribution >= 4 is 23.4 Å². The van der Waals surface area contributed by atoms with E-state index in [1.54, 1.807) is 13.1 Å². The van der Waals surface area contributed by atoms with Crippen molar-refractivity contribution in [2.45, 2.75) is 70.9 Å². The standard InChI is InChI=1S/C31H42ClN5O4/c1-3-41-30(38)19-40-18-22(2)36-24-9-7-23(8-10-24)15-25-16-26(27(32)17-34-25)28-5-4-6-29(37-28)35-21-31(20-33)11-13-39-14-12-31/h4-6,16-17,22-24,36H,3,7-15,18-19,21H2,1-2H3,(H,35,37)/t22-,23?,24?/m1/s1. The first-order chi connectivity index (χ1) is 19.9. The second kappa shape index (κ2) is 15.5. The van der Waals surface area contributed by atoms with Gasteiger partial charge in [-0.25, -0.2) is 9.78 Å². The van der Waals surface area contributed by atoms with Gasteiger partial charge in [0.1, 0.15) is 12.4 Å². The molecule has 0 amide bonds. The second-order valence-electron chi connectivity index (χ2n) is 11.2. The monoisotopic (exact) mass is 583 g/mol. The van der Waals surface area contributed by atoms with Crippen LogP contribution in [0.25, 0.3) is 11.3 Å². The highest BCUT2D eigenvalue weighted by Gasteiger charge is 2.32. The molecule has 10 heteroatoms. The maximum atomic E-state index is 11.4. The van der Waals surface area contributed by atoms with Crippen molar-refractivity contribution in [2.24, 2.45) is 11.3 Å². The van der Waals surface area contributed by atoms with Crippen LogP contribution in [0.3, 0.4) is 0 Å². The minimum Gasteiger partial charge on any atom is -0.464 e. The molecule has 222 valence electrons. The van der Waals surface area contributed by atoms with Crippen LogP contribution in [0.5, 0.6) is 0 Å². The Balaban J connectivity index is 1.28. The predicted molar refractivity (Wildman–Crippen MR) is 159 cm³/mol. The van der Waals surface area contributed by atoms with E-state index in [9.17, 15) is 10.1 Å². The molecule has 2 fully saturated rings. The molecule has 41 heavy (non-hydrogen) atoms. The molecular formula is C31H42ClN5O4. The number of aromatic nitrogens is 2. The summed E-state index contributed by atoms with van der Waals surface area (Å²) in [5.41, 5.74) is 2.25. The second-order valence-corrected chi connectivity index (χ2v) is 11.6. The lowest BCUT2D eigenvalue weighted by atomic mass is 9.82. The first-order valence-corrected chi connectivity index (χ1v) is 15.1. The lowest BCUT2D eigenvalue weighted by molar-refractivity contribution is -0.148. The van der Waals surface area contributed by atoms with Crippen LogP contribution in [0.2, 0.25) is 5.02 Å². The summed E-state index contributed by atoms with van der Waals surface area (Å²) in [5.74, 6) is 0.968. The number of rotatable bonds is 13. The van der Waals surface area contributed by atoms with Crippen LogP contribution in [0.4, 0.5) is 5.82 Å². The molecule has 2 aromatic rings. The number of esters is 1. The Labute approximate surface area is 248 Å². The van der Waals surface area contributed by atoms with E-state index in [1.807, 2.05) is 18.2 Å². The summed E-state index contributed by atoms with van der Waals surface area (Å²) in [6, 6.07) is 11.0. The van der Waals surface area contributed by atoms with Gasteiger partial charge in [-0.3, -0.25) is 4.98 Å². The summed E-state index contributed by atoms with van der Waals surface area (Å²) in [4.78, 5) is 20.9. The normalized spacial score (nSPS) is 21.0. The van der Waals surface area contributed by atoms with Gasteiger partial charge in [0.05, 0.1) is 35.4 Å². The molecule has 2 N–H and O–H groups in total. The molecule has 0 radical (unpaired) electrons. The van der Waals surface area contributed by atoms with Gasteiger partial charge in [-0.2, -0.15) is 5.26 Å². The molecule has 1 saturated carbocycles. The fraction of sp³-hybridized carbons (Fsp3) is 0.613. The number of hydrogen-bond donors (Lipinski definition) is 2. The van der Waals surface area contributed by atoms with Crippen LogP contribution < -0.4 is 10.6 Å². The Kier molecular flexibility index (Phi) is 11.8. The van der Waals surface area contributed by atoms with Crippen molar-refractivity contribution in [2.75, 3.05) is 44.9 Å². The summed E-state index contributed by atoms with van der Waals surface area (Å²) in [6.07, 6.45) is 8.51. The largest absolute Gasteiger partial charge is 0.464 e. The Hall–Kier alpha value is -2.77. The summed E-state index contributed by atoms with van der Waals surface area (Å²) >= 11 is 6.58. The molecule has 1 saturated heterocycles. The summed E-state index contributed by atoms with van der Waals surface area (Å²) in [7, 11) is 0. The van der Waals surface area contributed by atoms with E-state index in [0.717, 1.165) is 67.7 Å². The van der Waals surface area contributed by atoms with Gasteiger partial charge in [-0.1, -0.05) is 17.7 Å². The molecule has 2 aromatic heterocycles. The zero-order valence-electron chi connectivity index (χ0n) is 24.2.